The van der Waals surface area contributed by atoms with Crippen molar-refractivity contribution in [3.63, 3.8) is 0 Å². The predicted octanol–water partition coefficient (Wildman–Crippen LogP) is 2.11. The molecule has 0 saturated heterocycles. The van der Waals surface area contributed by atoms with Crippen molar-refractivity contribution >= 4 is 29.4 Å². The van der Waals surface area contributed by atoms with Crippen molar-refractivity contribution in [2.75, 3.05) is 19.0 Å². The van der Waals surface area contributed by atoms with Crippen LogP contribution in [0.25, 0.3) is 0 Å². The molecule has 8 nitrogen and oxygen atoms in total. The van der Waals surface area contributed by atoms with Crippen molar-refractivity contribution in [3.8, 4) is 5.75 Å². The van der Waals surface area contributed by atoms with Gasteiger partial charge in [0.05, 0.1) is 18.2 Å². The van der Waals surface area contributed by atoms with Gasteiger partial charge in [0.15, 0.2) is 6.61 Å². The molecule has 0 aromatic heterocycles. The Morgan fingerprint density at radius 3 is 2.50 bits per heavy atom. The molecule has 1 N–H and O–H groups in total. The summed E-state index contributed by atoms with van der Waals surface area (Å²) in [7, 11) is 1.19. The zero-order valence-corrected chi connectivity index (χ0v) is 14.8. The first kappa shape index (κ1) is 18.8. The number of rotatable bonds is 5. The topological polar surface area (TPSA) is 108 Å². The highest BCUT2D eigenvalue weighted by Gasteiger charge is 2.30. The Labute approximate surface area is 159 Å². The number of hydrogen-bond donors (Lipinski definition) is 1. The molecule has 1 aliphatic heterocycles. The normalized spacial score (nSPS) is 14.1. The minimum absolute atomic E-state index is 0.139. The Bertz CT molecular complexity index is 976. The molecule has 0 atom stereocenters. The number of fused-ring (bicyclic) bond motifs is 1. The Morgan fingerprint density at radius 2 is 1.79 bits per heavy atom. The highest BCUT2D eigenvalue weighted by molar-refractivity contribution is 6.27. The number of ketones is 1. The molecule has 0 spiro atoms. The van der Waals surface area contributed by atoms with Crippen LogP contribution in [-0.2, 0) is 19.1 Å². The van der Waals surface area contributed by atoms with Crippen molar-refractivity contribution in [1.82, 2.24) is 0 Å². The van der Waals surface area contributed by atoms with E-state index >= 15 is 0 Å². The Hall–Kier alpha value is -3.94. The zero-order chi connectivity index (χ0) is 20.1. The van der Waals surface area contributed by atoms with Gasteiger partial charge in [0.25, 0.3) is 0 Å². The number of para-hydroxylation sites is 1. The third kappa shape index (κ3) is 4.07. The number of carbonyl (C=O) groups is 4. The van der Waals surface area contributed by atoms with Gasteiger partial charge in [-0.25, -0.2) is 14.4 Å². The van der Waals surface area contributed by atoms with Crippen LogP contribution in [0.4, 0.5) is 5.69 Å². The maximum atomic E-state index is 12.4. The second kappa shape index (κ2) is 8.17. The lowest BCUT2D eigenvalue weighted by Gasteiger charge is -2.16. The summed E-state index contributed by atoms with van der Waals surface area (Å²) in [6, 6.07) is 12.5. The van der Waals surface area contributed by atoms with Crippen molar-refractivity contribution in [3.05, 3.63) is 71.4 Å². The molecular formula is C20H15NO7. The molecule has 142 valence electrons. The second-order valence-corrected chi connectivity index (χ2v) is 5.65. The van der Waals surface area contributed by atoms with Gasteiger partial charge in [0.1, 0.15) is 11.3 Å². The van der Waals surface area contributed by atoms with Gasteiger partial charge in [-0.15, -0.1) is 0 Å². The minimum Gasteiger partial charge on any atom is -0.466 e. The van der Waals surface area contributed by atoms with E-state index in [-0.39, 0.29) is 16.9 Å². The van der Waals surface area contributed by atoms with Crippen LogP contribution in [0.3, 0.4) is 0 Å². The smallest absolute Gasteiger partial charge is 0.349 e. The lowest BCUT2D eigenvalue weighted by molar-refractivity contribution is -0.144. The first-order chi connectivity index (χ1) is 13.5. The fourth-order valence-corrected chi connectivity index (χ4v) is 2.39. The number of hydrogen-bond acceptors (Lipinski definition) is 8. The number of Topliss-reactive ketones (excluding diaryl/α,β-unsaturated/α-hetero) is 1. The molecular weight excluding hydrogens is 366 g/mol. The maximum Gasteiger partial charge on any atom is 0.349 e. The second-order valence-electron chi connectivity index (χ2n) is 5.65. The van der Waals surface area contributed by atoms with Crippen LogP contribution in [0.2, 0.25) is 0 Å². The quantitative estimate of drug-likeness (QED) is 0.363. The largest absolute Gasteiger partial charge is 0.466 e. The number of methoxy groups -OCH3 is 1. The van der Waals surface area contributed by atoms with Crippen molar-refractivity contribution in [2.24, 2.45) is 0 Å². The molecule has 0 radical (unpaired) electrons. The summed E-state index contributed by atoms with van der Waals surface area (Å²) >= 11 is 0. The first-order valence-corrected chi connectivity index (χ1v) is 8.16. The van der Waals surface area contributed by atoms with Crippen LogP contribution in [-0.4, -0.2) is 37.4 Å². The van der Waals surface area contributed by atoms with Gasteiger partial charge in [-0.1, -0.05) is 12.1 Å². The standard InChI is InChI=1S/C20H15NO7/c1-26-17(22)11-27-19(24)12-6-8-13(9-7-12)21-10-15-18(23)14-4-2-3-5-16(14)28-20(15)25/h2-10,21H,11H2,1H3. The molecule has 2 aromatic rings. The summed E-state index contributed by atoms with van der Waals surface area (Å²) in [5.41, 5.74) is 0.916. The Balaban J connectivity index is 1.68. The Kier molecular flexibility index (Phi) is 5.50. The number of anilines is 1. The molecule has 1 heterocycles. The molecule has 0 fully saturated rings. The molecule has 0 amide bonds. The molecule has 0 unspecified atom stereocenters. The van der Waals surface area contributed by atoms with E-state index in [2.05, 4.69) is 10.1 Å². The first-order valence-electron chi connectivity index (χ1n) is 8.16. The van der Waals surface area contributed by atoms with E-state index in [4.69, 9.17) is 9.47 Å². The molecule has 2 aromatic carbocycles. The van der Waals surface area contributed by atoms with E-state index in [0.717, 1.165) is 0 Å². The summed E-state index contributed by atoms with van der Waals surface area (Å²) in [4.78, 5) is 47.3. The van der Waals surface area contributed by atoms with Gasteiger partial charge in [0.2, 0.25) is 5.78 Å². The number of carbonyl (C=O) groups excluding carboxylic acids is 4. The van der Waals surface area contributed by atoms with Crippen molar-refractivity contribution in [2.45, 2.75) is 0 Å². The summed E-state index contributed by atoms with van der Waals surface area (Å²) in [5, 5.41) is 2.82. The molecule has 1 aliphatic rings. The van der Waals surface area contributed by atoms with Crippen LogP contribution in [0.15, 0.2) is 60.3 Å². The van der Waals surface area contributed by atoms with E-state index in [0.29, 0.717) is 11.3 Å². The van der Waals surface area contributed by atoms with Crippen LogP contribution in [0, 0.1) is 0 Å². The maximum absolute atomic E-state index is 12.4. The van der Waals surface area contributed by atoms with Crippen LogP contribution in [0.1, 0.15) is 20.7 Å². The number of esters is 3. The minimum atomic E-state index is -0.751. The fraction of sp³-hybridized carbons (Fsp3) is 0.100. The van der Waals surface area contributed by atoms with Crippen molar-refractivity contribution in [1.29, 1.82) is 0 Å². The molecule has 3 rings (SSSR count). The summed E-state index contributed by atoms with van der Waals surface area (Å²) in [5.74, 6) is -2.31. The SMILES string of the molecule is COC(=O)COC(=O)c1ccc(NC=C2C(=O)Oc3ccccc3C2=O)cc1. The van der Waals surface area contributed by atoms with E-state index in [1.165, 1.54) is 25.4 Å². The van der Waals surface area contributed by atoms with E-state index in [1.807, 2.05) is 0 Å². The lowest BCUT2D eigenvalue weighted by atomic mass is 10.0. The summed E-state index contributed by atoms with van der Waals surface area (Å²) < 4.78 is 14.3. The lowest BCUT2D eigenvalue weighted by Crippen LogP contribution is -2.25. The third-order valence-electron chi connectivity index (χ3n) is 3.85. The van der Waals surface area contributed by atoms with Gasteiger partial charge in [-0.2, -0.15) is 0 Å². The zero-order valence-electron chi connectivity index (χ0n) is 14.8. The predicted molar refractivity (Wildman–Crippen MR) is 96.9 cm³/mol. The van der Waals surface area contributed by atoms with E-state index < -0.39 is 30.3 Å². The molecule has 8 heteroatoms. The van der Waals surface area contributed by atoms with Gasteiger partial charge >= 0.3 is 17.9 Å². The molecule has 28 heavy (non-hydrogen) atoms. The average Bonchev–Trinajstić information content (AvgIpc) is 2.72. The van der Waals surface area contributed by atoms with Gasteiger partial charge in [-0.3, -0.25) is 4.79 Å². The summed E-state index contributed by atoms with van der Waals surface area (Å²) in [6.45, 7) is -0.479. The number of nitrogens with one attached hydrogen (secondary N) is 1. The van der Waals surface area contributed by atoms with Crippen molar-refractivity contribution < 1.29 is 33.4 Å². The fourth-order valence-electron chi connectivity index (χ4n) is 2.39. The van der Waals surface area contributed by atoms with Crippen LogP contribution in [0.5, 0.6) is 5.75 Å². The molecule has 0 bridgehead atoms. The van der Waals surface area contributed by atoms with E-state index in [1.54, 1.807) is 36.4 Å². The molecule has 0 saturated carbocycles. The molecule has 0 aliphatic carbocycles. The van der Waals surface area contributed by atoms with E-state index in [9.17, 15) is 19.2 Å². The average molecular weight is 381 g/mol. The van der Waals surface area contributed by atoms with Crippen LogP contribution < -0.4 is 10.1 Å². The number of benzene rings is 2. The third-order valence-corrected chi connectivity index (χ3v) is 3.85. The van der Waals surface area contributed by atoms with Gasteiger partial charge in [0, 0.05) is 11.9 Å². The highest BCUT2D eigenvalue weighted by Crippen LogP contribution is 2.27. The van der Waals surface area contributed by atoms with Gasteiger partial charge in [-0.05, 0) is 36.4 Å². The highest BCUT2D eigenvalue weighted by atomic mass is 16.6. The number of ether oxygens (including phenoxy) is 3. The Morgan fingerprint density at radius 1 is 1.07 bits per heavy atom. The summed E-state index contributed by atoms with van der Waals surface area (Å²) in [6.07, 6.45) is 1.26. The monoisotopic (exact) mass is 381 g/mol. The van der Waals surface area contributed by atoms with Gasteiger partial charge < -0.3 is 19.5 Å². The van der Waals surface area contributed by atoms with Crippen LogP contribution >= 0.6 is 0 Å².